The zero-order valence-corrected chi connectivity index (χ0v) is 21.7. The van der Waals surface area contributed by atoms with Crippen LogP contribution >= 0.6 is 12.4 Å². The average Bonchev–Trinajstić information content (AvgIpc) is 3.19. The van der Waals surface area contributed by atoms with Gasteiger partial charge in [0, 0.05) is 11.6 Å². The summed E-state index contributed by atoms with van der Waals surface area (Å²) in [4.78, 5) is 0. The molecular weight excluding hydrogens is 508 g/mol. The Morgan fingerprint density at radius 3 is 2.58 bits per heavy atom. The van der Waals surface area contributed by atoms with Crippen molar-refractivity contribution in [1.29, 1.82) is 0 Å². The standard InChI is InChI=1S/C31H29F2NO3.ClH/c32-26-13-14-27(33)31-29(26)25-11-7-20-18-22(35)8-12-24(20)28(25)30(37-31)19-5-9-23(10-6-19)36-17-15-21-4-2-1-3-16-34-21;/h5-14,18,21,30,34-35H,1-4,15-17H2;1H. The minimum Gasteiger partial charge on any atom is -0.508 e. The van der Waals surface area contributed by atoms with Gasteiger partial charge < -0.3 is 19.9 Å². The molecule has 0 spiro atoms. The number of hydrogen-bond acceptors (Lipinski definition) is 4. The minimum absolute atomic E-state index is 0. The van der Waals surface area contributed by atoms with Crippen molar-refractivity contribution in [3.05, 3.63) is 89.5 Å². The van der Waals surface area contributed by atoms with Crippen LogP contribution in [0, 0.1) is 11.6 Å². The smallest absolute Gasteiger partial charge is 0.167 e. The predicted molar refractivity (Wildman–Crippen MR) is 147 cm³/mol. The number of phenolic OH excluding ortho intramolecular Hbond substituents is 1. The molecule has 0 saturated carbocycles. The molecule has 4 aromatic carbocycles. The second-order valence-electron chi connectivity index (χ2n) is 9.87. The highest BCUT2D eigenvalue weighted by Crippen LogP contribution is 2.49. The third-order valence-electron chi connectivity index (χ3n) is 7.45. The Labute approximate surface area is 227 Å². The second kappa shape index (κ2) is 11.2. The summed E-state index contributed by atoms with van der Waals surface area (Å²) < 4.78 is 42.0. The van der Waals surface area contributed by atoms with E-state index < -0.39 is 17.7 Å². The highest BCUT2D eigenvalue weighted by Gasteiger charge is 2.33. The summed E-state index contributed by atoms with van der Waals surface area (Å²) in [6.07, 6.45) is 5.28. The summed E-state index contributed by atoms with van der Waals surface area (Å²) in [5.74, 6) is -0.342. The zero-order chi connectivity index (χ0) is 25.4. The molecule has 0 aliphatic carbocycles. The van der Waals surface area contributed by atoms with Crippen molar-refractivity contribution in [2.45, 2.75) is 44.2 Å². The van der Waals surface area contributed by atoms with Crippen molar-refractivity contribution in [1.82, 2.24) is 5.32 Å². The lowest BCUT2D eigenvalue weighted by atomic mass is 9.85. The van der Waals surface area contributed by atoms with E-state index in [4.69, 9.17) is 9.47 Å². The molecule has 2 atom stereocenters. The number of halogens is 3. The number of ether oxygens (including phenoxy) is 2. The van der Waals surface area contributed by atoms with Gasteiger partial charge in [-0.15, -0.1) is 12.4 Å². The molecule has 0 bridgehead atoms. The Kier molecular flexibility index (Phi) is 7.73. The molecule has 2 heterocycles. The molecule has 1 saturated heterocycles. The number of nitrogens with one attached hydrogen (secondary N) is 1. The van der Waals surface area contributed by atoms with E-state index >= 15 is 0 Å². The zero-order valence-electron chi connectivity index (χ0n) is 20.9. The van der Waals surface area contributed by atoms with Crippen LogP contribution in [0.5, 0.6) is 17.2 Å². The highest BCUT2D eigenvalue weighted by molar-refractivity contribution is 5.95. The maximum absolute atomic E-state index is 14.9. The fourth-order valence-electron chi connectivity index (χ4n) is 5.56. The molecule has 0 amide bonds. The van der Waals surface area contributed by atoms with E-state index in [0.717, 1.165) is 52.7 Å². The number of aromatic hydroxyl groups is 1. The lowest BCUT2D eigenvalue weighted by molar-refractivity contribution is 0.231. The molecular formula is C31H30ClF2NO3. The molecule has 2 N–H and O–H groups in total. The fraction of sp³-hybridized carbons (Fsp3) is 0.290. The van der Waals surface area contributed by atoms with Gasteiger partial charge in [0.2, 0.25) is 0 Å². The summed E-state index contributed by atoms with van der Waals surface area (Å²) >= 11 is 0. The fourth-order valence-corrected chi connectivity index (χ4v) is 5.56. The van der Waals surface area contributed by atoms with E-state index in [0.29, 0.717) is 18.2 Å². The maximum Gasteiger partial charge on any atom is 0.167 e. The summed E-state index contributed by atoms with van der Waals surface area (Å²) in [6.45, 7) is 1.70. The molecule has 2 unspecified atom stereocenters. The van der Waals surface area contributed by atoms with Crippen molar-refractivity contribution in [2.24, 2.45) is 0 Å². The van der Waals surface area contributed by atoms with Crippen LogP contribution in [0.15, 0.2) is 66.7 Å². The van der Waals surface area contributed by atoms with Gasteiger partial charge in [-0.2, -0.15) is 0 Å². The van der Waals surface area contributed by atoms with Gasteiger partial charge in [0.25, 0.3) is 0 Å². The van der Waals surface area contributed by atoms with Crippen LogP contribution in [0.3, 0.4) is 0 Å². The topological polar surface area (TPSA) is 50.7 Å². The number of phenols is 1. The summed E-state index contributed by atoms with van der Waals surface area (Å²) in [6, 6.07) is 19.0. The minimum atomic E-state index is -0.656. The summed E-state index contributed by atoms with van der Waals surface area (Å²) in [5.41, 5.74) is 2.24. The first-order chi connectivity index (χ1) is 18.1. The molecule has 1 fully saturated rings. The third-order valence-corrected chi connectivity index (χ3v) is 7.45. The molecule has 2 aliphatic heterocycles. The lowest BCUT2D eigenvalue weighted by Crippen LogP contribution is -2.29. The van der Waals surface area contributed by atoms with E-state index in [9.17, 15) is 13.9 Å². The van der Waals surface area contributed by atoms with E-state index in [1.807, 2.05) is 30.3 Å². The van der Waals surface area contributed by atoms with Crippen LogP contribution in [0.4, 0.5) is 8.78 Å². The average molecular weight is 538 g/mol. The Morgan fingerprint density at radius 1 is 0.921 bits per heavy atom. The quantitative estimate of drug-likeness (QED) is 0.274. The highest BCUT2D eigenvalue weighted by atomic mass is 35.5. The molecule has 2 aliphatic rings. The molecule has 6 rings (SSSR count). The van der Waals surface area contributed by atoms with Gasteiger partial charge in [0.1, 0.15) is 17.3 Å². The summed E-state index contributed by atoms with van der Waals surface area (Å²) in [5, 5.41) is 15.2. The van der Waals surface area contributed by atoms with Gasteiger partial charge in [0.15, 0.2) is 17.7 Å². The third kappa shape index (κ3) is 5.03. The Hall–Kier alpha value is -3.35. The molecule has 0 radical (unpaired) electrons. The lowest BCUT2D eigenvalue weighted by Gasteiger charge is -2.31. The molecule has 0 aromatic heterocycles. The van der Waals surface area contributed by atoms with Gasteiger partial charge >= 0.3 is 0 Å². The van der Waals surface area contributed by atoms with Crippen molar-refractivity contribution in [2.75, 3.05) is 13.2 Å². The van der Waals surface area contributed by atoms with Crippen LogP contribution in [-0.4, -0.2) is 24.3 Å². The van der Waals surface area contributed by atoms with Crippen LogP contribution in [-0.2, 0) is 0 Å². The number of benzene rings is 4. The van der Waals surface area contributed by atoms with Crippen molar-refractivity contribution >= 4 is 23.2 Å². The summed E-state index contributed by atoms with van der Waals surface area (Å²) in [7, 11) is 0. The monoisotopic (exact) mass is 537 g/mol. The Morgan fingerprint density at radius 2 is 1.74 bits per heavy atom. The first kappa shape index (κ1) is 26.3. The SMILES string of the molecule is Cl.Oc1ccc2c3c(ccc2c1)-c1c(F)ccc(F)c1OC3c1ccc(OCCC2CCCCCN2)cc1. The van der Waals surface area contributed by atoms with Gasteiger partial charge in [0.05, 0.1) is 12.2 Å². The van der Waals surface area contributed by atoms with Gasteiger partial charge in [-0.3, -0.25) is 0 Å². The number of rotatable bonds is 5. The van der Waals surface area contributed by atoms with Crippen molar-refractivity contribution < 1.29 is 23.4 Å². The molecule has 198 valence electrons. The number of fused-ring (bicyclic) bond motifs is 5. The Bertz CT molecular complexity index is 1440. The first-order valence-electron chi connectivity index (χ1n) is 13.0. The van der Waals surface area contributed by atoms with Crippen LogP contribution < -0.4 is 14.8 Å². The molecule has 7 heteroatoms. The van der Waals surface area contributed by atoms with E-state index in [-0.39, 0.29) is 29.5 Å². The Balaban J connectivity index is 0.00000294. The van der Waals surface area contributed by atoms with Gasteiger partial charge in [-0.25, -0.2) is 8.78 Å². The van der Waals surface area contributed by atoms with Crippen LogP contribution in [0.25, 0.3) is 21.9 Å². The van der Waals surface area contributed by atoms with Gasteiger partial charge in [-0.1, -0.05) is 43.2 Å². The van der Waals surface area contributed by atoms with E-state index in [1.165, 1.54) is 25.7 Å². The molecule has 4 nitrogen and oxygen atoms in total. The molecule has 38 heavy (non-hydrogen) atoms. The van der Waals surface area contributed by atoms with Gasteiger partial charge in [-0.05, 0) is 84.1 Å². The van der Waals surface area contributed by atoms with Crippen LogP contribution in [0.1, 0.15) is 49.3 Å². The van der Waals surface area contributed by atoms with E-state index in [2.05, 4.69) is 5.32 Å². The maximum atomic E-state index is 14.9. The largest absolute Gasteiger partial charge is 0.508 e. The van der Waals surface area contributed by atoms with Crippen LogP contribution in [0.2, 0.25) is 0 Å². The van der Waals surface area contributed by atoms with Crippen molar-refractivity contribution in [3.8, 4) is 28.4 Å². The second-order valence-corrected chi connectivity index (χ2v) is 9.87. The molecule has 4 aromatic rings. The first-order valence-corrected chi connectivity index (χ1v) is 13.0. The van der Waals surface area contributed by atoms with E-state index in [1.54, 1.807) is 24.3 Å². The van der Waals surface area contributed by atoms with Crippen molar-refractivity contribution in [3.63, 3.8) is 0 Å². The predicted octanol–water partition coefficient (Wildman–Crippen LogP) is 7.70. The number of hydrogen-bond donors (Lipinski definition) is 2. The normalized spacial score (nSPS) is 18.5.